The molecule has 3 N–H and O–H groups in total. The van der Waals surface area contributed by atoms with Crippen LogP contribution < -0.4 is 0 Å². The van der Waals surface area contributed by atoms with Crippen molar-refractivity contribution >= 4 is 12.3 Å². The Morgan fingerprint density at radius 2 is 2.16 bits per heavy atom. The summed E-state index contributed by atoms with van der Waals surface area (Å²) in [7, 11) is 0. The van der Waals surface area contributed by atoms with Crippen molar-refractivity contribution in [1.82, 2.24) is 4.98 Å². The molecule has 5 heteroatoms. The van der Waals surface area contributed by atoms with Crippen molar-refractivity contribution in [3.63, 3.8) is 0 Å². The minimum atomic E-state index is -1.13. The highest BCUT2D eigenvalue weighted by Crippen LogP contribution is 2.26. The Morgan fingerprint density at radius 1 is 1.47 bits per heavy atom. The van der Waals surface area contributed by atoms with Gasteiger partial charge < -0.3 is 15.2 Å². The Balaban J connectivity index is 3.26. The molecule has 19 heavy (non-hydrogen) atoms. The number of aromatic carboxylic acids is 1. The quantitative estimate of drug-likeness (QED) is 0.429. The number of carbonyl (C=O) groups excluding carboxylic acids is 1. The molecule has 1 aromatic rings. The Morgan fingerprint density at radius 3 is 2.63 bits per heavy atom. The lowest BCUT2D eigenvalue weighted by Gasteiger charge is -2.05. The van der Waals surface area contributed by atoms with Crippen molar-refractivity contribution in [3.8, 4) is 11.8 Å². The van der Waals surface area contributed by atoms with Gasteiger partial charge in [-0.2, -0.15) is 0 Å². The van der Waals surface area contributed by atoms with E-state index < -0.39 is 5.97 Å². The molecule has 1 rings (SSSR count). The third-order valence-corrected chi connectivity index (χ3v) is 2.65. The molecule has 0 spiro atoms. The van der Waals surface area contributed by atoms with Crippen molar-refractivity contribution in [2.24, 2.45) is 0 Å². The molecule has 0 radical (unpaired) electrons. The van der Waals surface area contributed by atoms with Crippen molar-refractivity contribution < 1.29 is 19.8 Å². The van der Waals surface area contributed by atoms with Crippen molar-refractivity contribution in [2.45, 2.75) is 32.6 Å². The fourth-order valence-corrected chi connectivity index (χ4v) is 1.85. The van der Waals surface area contributed by atoms with Crippen LogP contribution in [0.5, 0.6) is 0 Å². The number of hydrogen-bond acceptors (Lipinski definition) is 3. The van der Waals surface area contributed by atoms with E-state index in [-0.39, 0.29) is 23.8 Å². The summed E-state index contributed by atoms with van der Waals surface area (Å²) in [6.07, 6.45) is 1.58. The zero-order chi connectivity index (χ0) is 14.4. The molecule has 0 aliphatic carbocycles. The van der Waals surface area contributed by atoms with Crippen LogP contribution in [0.1, 0.15) is 64.7 Å². The van der Waals surface area contributed by atoms with Crippen LogP contribution in [0.3, 0.4) is 0 Å². The highest BCUT2D eigenvalue weighted by Gasteiger charge is 2.23. The van der Waals surface area contributed by atoms with E-state index in [0.29, 0.717) is 30.4 Å². The highest BCUT2D eigenvalue weighted by atomic mass is 16.4. The summed E-state index contributed by atoms with van der Waals surface area (Å²) in [6, 6.07) is 0. The van der Waals surface area contributed by atoms with Crippen LogP contribution in [-0.4, -0.2) is 34.1 Å². The lowest BCUT2D eigenvalue weighted by atomic mass is 9.97. The van der Waals surface area contributed by atoms with E-state index in [2.05, 4.69) is 16.8 Å². The number of aldehydes is 1. The Hall–Kier alpha value is -2.06. The molecule has 1 heterocycles. The second kappa shape index (κ2) is 6.76. The molecular weight excluding hydrogens is 246 g/mol. The smallest absolute Gasteiger partial charge is 0.338 e. The zero-order valence-electron chi connectivity index (χ0n) is 11.0. The van der Waals surface area contributed by atoms with Gasteiger partial charge in [0.2, 0.25) is 0 Å². The van der Waals surface area contributed by atoms with Crippen LogP contribution in [0.4, 0.5) is 0 Å². The number of aliphatic hydroxyl groups excluding tert-OH is 1. The molecule has 0 saturated carbocycles. The highest BCUT2D eigenvalue weighted by molar-refractivity contribution is 5.98. The number of carboxylic acid groups (broad SMARTS) is 1. The first-order chi connectivity index (χ1) is 9.02. The number of nitrogens with one attached hydrogen (secondary N) is 1. The molecule has 1 aromatic heterocycles. The predicted molar refractivity (Wildman–Crippen MR) is 70.4 cm³/mol. The maximum absolute atomic E-state index is 11.2. The van der Waals surface area contributed by atoms with Gasteiger partial charge in [0, 0.05) is 18.6 Å². The lowest BCUT2D eigenvalue weighted by molar-refractivity contribution is 0.0692. The maximum atomic E-state index is 11.2. The number of hydrogen-bond donors (Lipinski definition) is 3. The second-order valence-electron chi connectivity index (χ2n) is 4.41. The molecule has 0 unspecified atom stereocenters. The molecule has 5 nitrogen and oxygen atoms in total. The molecular formula is C14H17NO4. The van der Waals surface area contributed by atoms with Gasteiger partial charge in [0.15, 0.2) is 6.29 Å². The van der Waals surface area contributed by atoms with Crippen molar-refractivity contribution in [3.05, 3.63) is 22.5 Å². The molecule has 0 amide bonds. The molecule has 0 aliphatic heterocycles. The third-order valence-electron chi connectivity index (χ3n) is 2.65. The van der Waals surface area contributed by atoms with Gasteiger partial charge in [-0.05, 0) is 18.3 Å². The van der Waals surface area contributed by atoms with Gasteiger partial charge in [0.25, 0.3) is 0 Å². The number of aromatic amines is 1. The van der Waals surface area contributed by atoms with E-state index in [4.69, 9.17) is 5.11 Å². The Labute approximate surface area is 111 Å². The maximum Gasteiger partial charge on any atom is 0.338 e. The average molecular weight is 263 g/mol. The number of carbonyl (C=O) groups is 2. The summed E-state index contributed by atoms with van der Waals surface area (Å²) < 4.78 is 0. The zero-order valence-corrected chi connectivity index (χ0v) is 11.0. The van der Waals surface area contributed by atoms with Crippen LogP contribution in [-0.2, 0) is 0 Å². The molecule has 0 aliphatic rings. The standard InChI is InChI=1S/C14H17NO4/c1-9(2)12-10(6-4-3-5-7-16)15-11(8-17)13(12)14(18)19/h8-9,15-16H,3,5,7H2,1-2H3,(H,18,19). The Kier molecular flexibility index (Phi) is 5.34. The number of unbranched alkanes of at least 4 members (excludes halogenated alkanes) is 1. The summed E-state index contributed by atoms with van der Waals surface area (Å²) in [4.78, 5) is 24.9. The van der Waals surface area contributed by atoms with Gasteiger partial charge in [0.1, 0.15) is 0 Å². The first kappa shape index (κ1) is 15.0. The number of rotatable bonds is 5. The van der Waals surface area contributed by atoms with E-state index in [1.165, 1.54) is 0 Å². The summed E-state index contributed by atoms with van der Waals surface area (Å²) in [5.41, 5.74) is 1.05. The largest absolute Gasteiger partial charge is 0.478 e. The lowest BCUT2D eigenvalue weighted by Crippen LogP contribution is -2.04. The SMILES string of the molecule is CC(C)c1c(C#CCCCO)[nH]c(C=O)c1C(=O)O. The third kappa shape index (κ3) is 3.46. The van der Waals surface area contributed by atoms with Gasteiger partial charge in [-0.1, -0.05) is 19.8 Å². The van der Waals surface area contributed by atoms with Crippen LogP contribution in [0, 0.1) is 11.8 Å². The van der Waals surface area contributed by atoms with Crippen LogP contribution in [0.2, 0.25) is 0 Å². The number of aromatic nitrogens is 1. The van der Waals surface area contributed by atoms with E-state index in [0.717, 1.165) is 0 Å². The van der Waals surface area contributed by atoms with E-state index >= 15 is 0 Å². The minimum Gasteiger partial charge on any atom is -0.478 e. The van der Waals surface area contributed by atoms with Gasteiger partial charge in [-0.25, -0.2) is 4.79 Å². The summed E-state index contributed by atoms with van der Waals surface area (Å²) in [6.45, 7) is 3.77. The Bertz CT molecular complexity index is 532. The monoisotopic (exact) mass is 263 g/mol. The molecule has 0 aromatic carbocycles. The van der Waals surface area contributed by atoms with Crippen LogP contribution in [0.15, 0.2) is 0 Å². The van der Waals surface area contributed by atoms with E-state index in [1.807, 2.05) is 13.8 Å². The topological polar surface area (TPSA) is 90.4 Å². The van der Waals surface area contributed by atoms with Gasteiger partial charge >= 0.3 is 5.97 Å². The van der Waals surface area contributed by atoms with Gasteiger partial charge in [0.05, 0.1) is 17.0 Å². The predicted octanol–water partition coefficient (Wildman–Crippen LogP) is 1.77. The van der Waals surface area contributed by atoms with Gasteiger partial charge in [-0.15, -0.1) is 0 Å². The van der Waals surface area contributed by atoms with E-state index in [1.54, 1.807) is 0 Å². The summed E-state index contributed by atoms with van der Waals surface area (Å²) >= 11 is 0. The second-order valence-corrected chi connectivity index (χ2v) is 4.41. The first-order valence-electron chi connectivity index (χ1n) is 6.07. The average Bonchev–Trinajstić information content (AvgIpc) is 2.73. The minimum absolute atomic E-state index is 0.00328. The number of carboxylic acids is 1. The van der Waals surface area contributed by atoms with Crippen molar-refractivity contribution in [2.75, 3.05) is 6.61 Å². The van der Waals surface area contributed by atoms with E-state index in [9.17, 15) is 14.7 Å². The number of aliphatic hydroxyl groups is 1. The molecule has 0 saturated heterocycles. The molecule has 0 bridgehead atoms. The summed E-state index contributed by atoms with van der Waals surface area (Å²) in [5.74, 6) is 4.50. The van der Waals surface area contributed by atoms with Crippen LogP contribution in [0.25, 0.3) is 0 Å². The fraction of sp³-hybridized carbons (Fsp3) is 0.429. The molecule has 0 atom stereocenters. The summed E-state index contributed by atoms with van der Waals surface area (Å²) in [5, 5.41) is 17.9. The fourth-order valence-electron chi connectivity index (χ4n) is 1.85. The normalized spacial score (nSPS) is 10.1. The molecule has 0 fully saturated rings. The first-order valence-corrected chi connectivity index (χ1v) is 6.07. The van der Waals surface area contributed by atoms with Gasteiger partial charge in [-0.3, -0.25) is 4.79 Å². The molecule has 102 valence electrons. The van der Waals surface area contributed by atoms with Crippen LogP contribution >= 0.6 is 0 Å². The number of H-pyrrole nitrogens is 1. The van der Waals surface area contributed by atoms with Crippen molar-refractivity contribution in [1.29, 1.82) is 0 Å².